The Morgan fingerprint density at radius 2 is 2.06 bits per heavy atom. The summed E-state index contributed by atoms with van der Waals surface area (Å²) in [5.74, 6) is 0.571. The van der Waals surface area contributed by atoms with Crippen LogP contribution in [0.25, 0.3) is 0 Å². The third-order valence-electron chi connectivity index (χ3n) is 2.37. The first-order valence-electron chi connectivity index (χ1n) is 5.90. The first-order valence-corrected chi connectivity index (χ1v) is 5.90. The molecule has 5 heteroatoms. The second-order valence-corrected chi connectivity index (χ2v) is 3.77. The molecular weight excluding hydrogens is 232 g/mol. The highest BCUT2D eigenvalue weighted by atomic mass is 16.5. The van der Waals surface area contributed by atoms with Crippen LogP contribution in [-0.4, -0.2) is 39.8 Å². The standard InChI is InChI=1S/C13H20N2O3/c1-17-9-5-8-14-10-13(16)15-11-6-3-4-7-12(11)18-2/h3-4,6-7,14H,5,8-10H2,1-2H3,(H,15,16). The van der Waals surface area contributed by atoms with Crippen molar-refractivity contribution in [3.05, 3.63) is 24.3 Å². The molecule has 0 saturated heterocycles. The average molecular weight is 252 g/mol. The van der Waals surface area contributed by atoms with E-state index in [9.17, 15) is 4.79 Å². The van der Waals surface area contributed by atoms with Gasteiger partial charge in [0.25, 0.3) is 0 Å². The fourth-order valence-corrected chi connectivity index (χ4v) is 1.49. The van der Waals surface area contributed by atoms with Crippen LogP contribution in [0, 0.1) is 0 Å². The predicted octanol–water partition coefficient (Wildman–Crippen LogP) is 1.26. The molecule has 0 aliphatic heterocycles. The molecule has 0 aliphatic carbocycles. The number of ether oxygens (including phenoxy) is 2. The van der Waals surface area contributed by atoms with E-state index in [-0.39, 0.29) is 12.5 Å². The highest BCUT2D eigenvalue weighted by Crippen LogP contribution is 2.22. The normalized spacial score (nSPS) is 10.1. The van der Waals surface area contributed by atoms with Gasteiger partial charge in [-0.2, -0.15) is 0 Å². The molecule has 0 fully saturated rings. The van der Waals surface area contributed by atoms with E-state index in [1.807, 2.05) is 24.3 Å². The van der Waals surface area contributed by atoms with Gasteiger partial charge >= 0.3 is 0 Å². The quantitative estimate of drug-likeness (QED) is 0.684. The van der Waals surface area contributed by atoms with E-state index in [4.69, 9.17) is 9.47 Å². The van der Waals surface area contributed by atoms with Crippen LogP contribution >= 0.6 is 0 Å². The van der Waals surface area contributed by atoms with Crippen molar-refractivity contribution in [2.45, 2.75) is 6.42 Å². The van der Waals surface area contributed by atoms with Crippen molar-refractivity contribution in [3.8, 4) is 5.75 Å². The maximum atomic E-state index is 11.7. The Morgan fingerprint density at radius 1 is 1.28 bits per heavy atom. The first-order chi connectivity index (χ1) is 8.77. The summed E-state index contributed by atoms with van der Waals surface area (Å²) in [6.07, 6.45) is 0.887. The van der Waals surface area contributed by atoms with Crippen molar-refractivity contribution in [2.24, 2.45) is 0 Å². The molecule has 18 heavy (non-hydrogen) atoms. The van der Waals surface area contributed by atoms with Gasteiger partial charge in [-0.3, -0.25) is 4.79 Å². The summed E-state index contributed by atoms with van der Waals surface area (Å²) in [7, 11) is 3.24. The van der Waals surface area contributed by atoms with Crippen molar-refractivity contribution >= 4 is 11.6 Å². The zero-order valence-corrected chi connectivity index (χ0v) is 10.9. The number of carbonyl (C=O) groups excluding carboxylic acids is 1. The molecule has 0 heterocycles. The number of methoxy groups -OCH3 is 2. The molecule has 1 aromatic rings. The van der Waals surface area contributed by atoms with Crippen molar-refractivity contribution in [3.63, 3.8) is 0 Å². The predicted molar refractivity (Wildman–Crippen MR) is 71.0 cm³/mol. The topological polar surface area (TPSA) is 59.6 Å². The van der Waals surface area contributed by atoms with Crippen molar-refractivity contribution < 1.29 is 14.3 Å². The lowest BCUT2D eigenvalue weighted by Crippen LogP contribution is -2.29. The Labute approximate surface area is 107 Å². The van der Waals surface area contributed by atoms with E-state index >= 15 is 0 Å². The molecule has 0 saturated carbocycles. The van der Waals surface area contributed by atoms with Gasteiger partial charge in [0.1, 0.15) is 5.75 Å². The van der Waals surface area contributed by atoms with Gasteiger partial charge in [0, 0.05) is 13.7 Å². The summed E-state index contributed by atoms with van der Waals surface area (Å²) in [6, 6.07) is 7.32. The van der Waals surface area contributed by atoms with E-state index in [0.29, 0.717) is 18.0 Å². The molecule has 1 aromatic carbocycles. The van der Waals surface area contributed by atoms with E-state index < -0.39 is 0 Å². The number of hydrogen-bond donors (Lipinski definition) is 2. The molecule has 0 unspecified atom stereocenters. The highest BCUT2D eigenvalue weighted by molar-refractivity contribution is 5.93. The molecule has 0 radical (unpaired) electrons. The van der Waals surface area contributed by atoms with E-state index in [0.717, 1.165) is 13.0 Å². The number of amides is 1. The number of rotatable bonds is 8. The van der Waals surface area contributed by atoms with Gasteiger partial charge in [0.2, 0.25) is 5.91 Å². The van der Waals surface area contributed by atoms with Crippen molar-refractivity contribution in [1.29, 1.82) is 0 Å². The molecule has 0 aliphatic rings. The molecule has 0 atom stereocenters. The Bertz CT molecular complexity index is 369. The summed E-state index contributed by atoms with van der Waals surface area (Å²) in [5.41, 5.74) is 0.684. The van der Waals surface area contributed by atoms with Gasteiger partial charge in [0.05, 0.1) is 19.3 Å². The van der Waals surface area contributed by atoms with Gasteiger partial charge in [-0.15, -0.1) is 0 Å². The summed E-state index contributed by atoms with van der Waals surface area (Å²) >= 11 is 0. The molecule has 5 nitrogen and oxygen atoms in total. The summed E-state index contributed by atoms with van der Waals surface area (Å²) < 4.78 is 10.1. The van der Waals surface area contributed by atoms with Crippen molar-refractivity contribution in [1.82, 2.24) is 5.32 Å². The lowest BCUT2D eigenvalue weighted by molar-refractivity contribution is -0.115. The highest BCUT2D eigenvalue weighted by Gasteiger charge is 2.05. The van der Waals surface area contributed by atoms with Crippen LogP contribution in [0.1, 0.15) is 6.42 Å². The van der Waals surface area contributed by atoms with Gasteiger partial charge < -0.3 is 20.1 Å². The Kier molecular flexibility index (Phi) is 6.83. The third-order valence-corrected chi connectivity index (χ3v) is 2.37. The van der Waals surface area contributed by atoms with Crippen LogP contribution in [0.4, 0.5) is 5.69 Å². The second-order valence-electron chi connectivity index (χ2n) is 3.77. The minimum Gasteiger partial charge on any atom is -0.495 e. The van der Waals surface area contributed by atoms with Gasteiger partial charge in [-0.25, -0.2) is 0 Å². The Hall–Kier alpha value is -1.59. The van der Waals surface area contributed by atoms with Crippen LogP contribution in [0.5, 0.6) is 5.75 Å². The Balaban J connectivity index is 2.31. The van der Waals surface area contributed by atoms with E-state index in [1.165, 1.54) is 0 Å². The molecule has 0 bridgehead atoms. The van der Waals surface area contributed by atoms with Crippen LogP contribution in [0.2, 0.25) is 0 Å². The zero-order chi connectivity index (χ0) is 13.2. The SMILES string of the molecule is COCCCNCC(=O)Nc1ccccc1OC. The number of nitrogens with one attached hydrogen (secondary N) is 2. The average Bonchev–Trinajstić information content (AvgIpc) is 2.39. The van der Waals surface area contributed by atoms with Gasteiger partial charge in [-0.1, -0.05) is 12.1 Å². The minimum atomic E-state index is -0.0862. The maximum absolute atomic E-state index is 11.7. The third kappa shape index (κ3) is 5.16. The lowest BCUT2D eigenvalue weighted by atomic mass is 10.3. The molecule has 2 N–H and O–H groups in total. The van der Waals surface area contributed by atoms with Crippen molar-refractivity contribution in [2.75, 3.05) is 39.2 Å². The smallest absolute Gasteiger partial charge is 0.238 e. The van der Waals surface area contributed by atoms with Gasteiger partial charge in [-0.05, 0) is 25.1 Å². The van der Waals surface area contributed by atoms with Crippen LogP contribution in [-0.2, 0) is 9.53 Å². The first kappa shape index (κ1) is 14.5. The monoisotopic (exact) mass is 252 g/mol. The number of anilines is 1. The number of benzene rings is 1. The Morgan fingerprint density at radius 3 is 2.78 bits per heavy atom. The molecular formula is C13H20N2O3. The summed E-state index contributed by atoms with van der Waals surface area (Å²) in [5, 5.41) is 5.84. The molecule has 1 rings (SSSR count). The zero-order valence-electron chi connectivity index (χ0n) is 10.9. The van der Waals surface area contributed by atoms with Gasteiger partial charge in [0.15, 0.2) is 0 Å². The van der Waals surface area contributed by atoms with Crippen LogP contribution in [0.15, 0.2) is 24.3 Å². The second kappa shape index (κ2) is 8.49. The lowest BCUT2D eigenvalue weighted by Gasteiger charge is -2.10. The minimum absolute atomic E-state index is 0.0862. The molecule has 1 amide bonds. The largest absolute Gasteiger partial charge is 0.495 e. The van der Waals surface area contributed by atoms with Crippen LogP contribution < -0.4 is 15.4 Å². The summed E-state index contributed by atoms with van der Waals surface area (Å²) in [6.45, 7) is 1.73. The fraction of sp³-hybridized carbons (Fsp3) is 0.462. The molecule has 0 aromatic heterocycles. The number of para-hydroxylation sites is 2. The molecule has 100 valence electrons. The summed E-state index contributed by atoms with van der Waals surface area (Å²) in [4.78, 5) is 11.7. The van der Waals surface area contributed by atoms with E-state index in [2.05, 4.69) is 10.6 Å². The molecule has 0 spiro atoms. The number of hydrogen-bond acceptors (Lipinski definition) is 4. The maximum Gasteiger partial charge on any atom is 0.238 e. The number of carbonyl (C=O) groups is 1. The van der Waals surface area contributed by atoms with Crippen LogP contribution in [0.3, 0.4) is 0 Å². The van der Waals surface area contributed by atoms with E-state index in [1.54, 1.807) is 14.2 Å². The fourth-order valence-electron chi connectivity index (χ4n) is 1.49.